The summed E-state index contributed by atoms with van der Waals surface area (Å²) in [6.45, 7) is 0. The lowest BCUT2D eigenvalue weighted by Gasteiger charge is -2.00. The predicted molar refractivity (Wildman–Crippen MR) is 50.5 cm³/mol. The van der Waals surface area contributed by atoms with Gasteiger partial charge in [0.25, 0.3) is 0 Å². The van der Waals surface area contributed by atoms with Crippen LogP contribution in [0.5, 0.6) is 0 Å². The second-order valence-corrected chi connectivity index (χ2v) is 2.77. The van der Waals surface area contributed by atoms with Crippen LogP contribution in [-0.2, 0) is 4.74 Å². The van der Waals surface area contributed by atoms with Gasteiger partial charge >= 0.3 is 5.97 Å². The van der Waals surface area contributed by atoms with Crippen molar-refractivity contribution in [3.63, 3.8) is 0 Å². The van der Waals surface area contributed by atoms with Gasteiger partial charge < -0.3 is 4.74 Å². The number of hydrogen-bond acceptors (Lipinski definition) is 5. The van der Waals surface area contributed by atoms with Crippen molar-refractivity contribution in [2.45, 2.75) is 4.90 Å². The number of esters is 1. The van der Waals surface area contributed by atoms with Crippen LogP contribution in [0, 0.1) is 4.91 Å². The smallest absolute Gasteiger partial charge is 0.337 e. The first kappa shape index (κ1) is 9.73. The molecule has 0 saturated heterocycles. The summed E-state index contributed by atoms with van der Waals surface area (Å²) in [4.78, 5) is 21.7. The fourth-order valence-corrected chi connectivity index (χ4v) is 1.02. The molecule has 0 aliphatic heterocycles. The zero-order valence-corrected chi connectivity index (χ0v) is 7.75. The SMILES string of the molecule is COC(=O)c1ccc(S)c(N=O)c1. The van der Waals surface area contributed by atoms with Crippen LogP contribution in [0.15, 0.2) is 28.3 Å². The summed E-state index contributed by atoms with van der Waals surface area (Å²) in [6, 6.07) is 4.37. The lowest BCUT2D eigenvalue weighted by molar-refractivity contribution is 0.0600. The molecule has 0 fully saturated rings. The number of ether oxygens (including phenoxy) is 1. The van der Waals surface area contributed by atoms with E-state index >= 15 is 0 Å². The first-order valence-corrected chi connectivity index (χ1v) is 3.88. The Morgan fingerprint density at radius 1 is 1.54 bits per heavy atom. The van der Waals surface area contributed by atoms with Crippen molar-refractivity contribution in [1.82, 2.24) is 0 Å². The maximum absolute atomic E-state index is 11.0. The molecule has 0 atom stereocenters. The van der Waals surface area contributed by atoms with E-state index in [9.17, 15) is 9.70 Å². The van der Waals surface area contributed by atoms with E-state index in [2.05, 4.69) is 22.5 Å². The van der Waals surface area contributed by atoms with E-state index in [1.54, 1.807) is 0 Å². The molecule has 1 aromatic rings. The minimum atomic E-state index is -0.502. The van der Waals surface area contributed by atoms with Gasteiger partial charge in [0.05, 0.1) is 12.7 Å². The maximum atomic E-state index is 11.0. The number of nitrogens with zero attached hydrogens (tertiary/aromatic N) is 1. The Kier molecular flexibility index (Phi) is 3.02. The molecule has 0 saturated carbocycles. The number of nitroso groups, excluding NO2 is 1. The van der Waals surface area contributed by atoms with E-state index < -0.39 is 5.97 Å². The van der Waals surface area contributed by atoms with Crippen LogP contribution >= 0.6 is 12.6 Å². The van der Waals surface area contributed by atoms with Gasteiger partial charge in [0.1, 0.15) is 5.69 Å². The second kappa shape index (κ2) is 4.04. The highest BCUT2D eigenvalue weighted by molar-refractivity contribution is 7.80. The van der Waals surface area contributed by atoms with Gasteiger partial charge in [0.2, 0.25) is 0 Å². The highest BCUT2D eigenvalue weighted by atomic mass is 32.1. The fraction of sp³-hybridized carbons (Fsp3) is 0.125. The minimum absolute atomic E-state index is 0.131. The van der Waals surface area contributed by atoms with Crippen LogP contribution in [0.4, 0.5) is 5.69 Å². The Morgan fingerprint density at radius 3 is 2.77 bits per heavy atom. The highest BCUT2D eigenvalue weighted by Crippen LogP contribution is 2.24. The summed E-state index contributed by atoms with van der Waals surface area (Å²) >= 11 is 3.98. The Balaban J connectivity index is 3.13. The van der Waals surface area contributed by atoms with E-state index in [1.165, 1.54) is 25.3 Å². The average molecular weight is 197 g/mol. The zero-order chi connectivity index (χ0) is 9.84. The van der Waals surface area contributed by atoms with Gasteiger partial charge in [-0.25, -0.2) is 4.79 Å². The fourth-order valence-electron chi connectivity index (χ4n) is 0.841. The number of methoxy groups -OCH3 is 1. The Labute approximate surface area is 80.3 Å². The topological polar surface area (TPSA) is 55.7 Å². The van der Waals surface area contributed by atoms with Gasteiger partial charge in [-0.1, -0.05) is 0 Å². The van der Waals surface area contributed by atoms with Crippen LogP contribution in [0.3, 0.4) is 0 Å². The van der Waals surface area contributed by atoms with Crippen LogP contribution in [0.25, 0.3) is 0 Å². The summed E-state index contributed by atoms with van der Waals surface area (Å²) in [7, 11) is 1.27. The number of thiol groups is 1. The van der Waals surface area contributed by atoms with Gasteiger partial charge in [0, 0.05) is 4.90 Å². The lowest BCUT2D eigenvalue weighted by Crippen LogP contribution is -2.00. The van der Waals surface area contributed by atoms with Gasteiger partial charge in [-0.3, -0.25) is 0 Å². The van der Waals surface area contributed by atoms with Crippen LogP contribution in [0.1, 0.15) is 10.4 Å². The van der Waals surface area contributed by atoms with Crippen LogP contribution in [0.2, 0.25) is 0 Å². The molecule has 68 valence electrons. The Morgan fingerprint density at radius 2 is 2.23 bits per heavy atom. The summed E-state index contributed by atoms with van der Waals surface area (Å²) in [5.74, 6) is -0.502. The van der Waals surface area contributed by atoms with Gasteiger partial charge in [-0.15, -0.1) is 17.5 Å². The number of carbonyl (C=O) groups excluding carboxylic acids is 1. The van der Waals surface area contributed by atoms with Gasteiger partial charge in [0.15, 0.2) is 0 Å². The van der Waals surface area contributed by atoms with Crippen molar-refractivity contribution in [3.8, 4) is 0 Å². The van der Waals surface area contributed by atoms with Gasteiger partial charge in [-0.05, 0) is 23.4 Å². The van der Waals surface area contributed by atoms with E-state index in [0.717, 1.165) is 0 Å². The van der Waals surface area contributed by atoms with E-state index in [0.29, 0.717) is 4.90 Å². The van der Waals surface area contributed by atoms with Gasteiger partial charge in [-0.2, -0.15) is 0 Å². The second-order valence-electron chi connectivity index (χ2n) is 2.29. The number of benzene rings is 1. The monoisotopic (exact) mass is 197 g/mol. The summed E-state index contributed by atoms with van der Waals surface area (Å²) < 4.78 is 4.47. The molecule has 0 spiro atoms. The summed E-state index contributed by atoms with van der Waals surface area (Å²) in [6.07, 6.45) is 0. The molecule has 0 aliphatic carbocycles. The standard InChI is InChI=1S/C8H7NO3S/c1-12-8(10)5-2-3-7(13)6(4-5)9-11/h2-4,13H,1H3. The first-order chi connectivity index (χ1) is 6.19. The van der Waals surface area contributed by atoms with Crippen LogP contribution < -0.4 is 0 Å². The number of carbonyl (C=O) groups is 1. The lowest BCUT2D eigenvalue weighted by atomic mass is 10.2. The Hall–Kier alpha value is -1.36. The van der Waals surface area contributed by atoms with Crippen molar-refractivity contribution in [3.05, 3.63) is 28.7 Å². The molecular formula is C8H7NO3S. The predicted octanol–water partition coefficient (Wildman–Crippen LogP) is 2.16. The minimum Gasteiger partial charge on any atom is -0.465 e. The third kappa shape index (κ3) is 2.06. The molecule has 0 aromatic heterocycles. The number of rotatable bonds is 2. The molecule has 0 aliphatic rings. The average Bonchev–Trinajstić information content (AvgIpc) is 2.17. The number of hydrogen-bond donors (Lipinski definition) is 1. The quantitative estimate of drug-likeness (QED) is 0.449. The molecule has 0 unspecified atom stereocenters. The third-order valence-electron chi connectivity index (χ3n) is 1.49. The molecule has 0 bridgehead atoms. The molecule has 4 nitrogen and oxygen atoms in total. The van der Waals surface area contributed by atoms with E-state index in [-0.39, 0.29) is 11.3 Å². The van der Waals surface area contributed by atoms with E-state index in [4.69, 9.17) is 0 Å². The molecule has 5 heteroatoms. The normalized spacial score (nSPS) is 9.38. The molecule has 0 radical (unpaired) electrons. The molecule has 0 N–H and O–H groups in total. The summed E-state index contributed by atoms with van der Waals surface area (Å²) in [5.41, 5.74) is 0.418. The molecular weight excluding hydrogens is 190 g/mol. The largest absolute Gasteiger partial charge is 0.465 e. The van der Waals surface area contributed by atoms with Crippen molar-refractivity contribution in [1.29, 1.82) is 0 Å². The van der Waals surface area contributed by atoms with Crippen molar-refractivity contribution in [2.24, 2.45) is 5.18 Å². The molecule has 0 heterocycles. The Bertz CT molecular complexity index is 351. The maximum Gasteiger partial charge on any atom is 0.337 e. The third-order valence-corrected chi connectivity index (χ3v) is 1.87. The first-order valence-electron chi connectivity index (χ1n) is 3.43. The summed E-state index contributed by atoms with van der Waals surface area (Å²) in [5, 5.41) is 2.71. The van der Waals surface area contributed by atoms with Crippen molar-refractivity contribution < 1.29 is 9.53 Å². The van der Waals surface area contributed by atoms with Crippen molar-refractivity contribution in [2.75, 3.05) is 7.11 Å². The van der Waals surface area contributed by atoms with Crippen molar-refractivity contribution >= 4 is 24.3 Å². The molecule has 13 heavy (non-hydrogen) atoms. The molecule has 0 amide bonds. The molecule has 1 aromatic carbocycles. The highest BCUT2D eigenvalue weighted by Gasteiger charge is 2.08. The molecule has 1 rings (SSSR count). The zero-order valence-electron chi connectivity index (χ0n) is 6.85. The van der Waals surface area contributed by atoms with E-state index in [1.807, 2.05) is 0 Å². The van der Waals surface area contributed by atoms with Crippen LogP contribution in [-0.4, -0.2) is 13.1 Å².